The highest BCUT2D eigenvalue weighted by Crippen LogP contribution is 2.16. The van der Waals surface area contributed by atoms with E-state index >= 15 is 0 Å². The SMILES string of the molecule is O=C(O)c1ccc(CC(=O)C2CCOC2)cc1. The van der Waals surface area contributed by atoms with Crippen LogP contribution >= 0.6 is 0 Å². The van der Waals surface area contributed by atoms with Gasteiger partial charge in [-0.1, -0.05) is 12.1 Å². The van der Waals surface area contributed by atoms with Gasteiger partial charge in [-0.3, -0.25) is 4.79 Å². The van der Waals surface area contributed by atoms with E-state index in [0.29, 0.717) is 19.6 Å². The molecule has 1 N–H and O–H groups in total. The van der Waals surface area contributed by atoms with E-state index in [1.165, 1.54) is 12.1 Å². The van der Waals surface area contributed by atoms with Crippen LogP contribution in [0.15, 0.2) is 24.3 Å². The summed E-state index contributed by atoms with van der Waals surface area (Å²) in [6.07, 6.45) is 1.15. The first-order valence-corrected chi connectivity index (χ1v) is 5.59. The van der Waals surface area contributed by atoms with E-state index < -0.39 is 5.97 Å². The maximum absolute atomic E-state index is 11.8. The molecule has 1 aliphatic rings. The topological polar surface area (TPSA) is 63.6 Å². The van der Waals surface area contributed by atoms with Crippen molar-refractivity contribution in [1.82, 2.24) is 0 Å². The van der Waals surface area contributed by atoms with Gasteiger partial charge in [0.2, 0.25) is 0 Å². The molecule has 90 valence electrons. The maximum atomic E-state index is 11.8. The Hall–Kier alpha value is -1.68. The molecule has 17 heavy (non-hydrogen) atoms. The maximum Gasteiger partial charge on any atom is 0.335 e. The Labute approximate surface area is 99.2 Å². The van der Waals surface area contributed by atoms with Crippen LogP contribution in [0.25, 0.3) is 0 Å². The highest BCUT2D eigenvalue weighted by atomic mass is 16.5. The molecule has 1 aromatic rings. The Morgan fingerprint density at radius 1 is 1.29 bits per heavy atom. The van der Waals surface area contributed by atoms with Crippen molar-refractivity contribution in [3.8, 4) is 0 Å². The van der Waals surface area contributed by atoms with E-state index in [1.807, 2.05) is 0 Å². The molecule has 0 aliphatic carbocycles. The molecule has 1 heterocycles. The standard InChI is InChI=1S/C13H14O4/c14-12(11-5-6-17-8-11)7-9-1-3-10(4-2-9)13(15)16/h1-4,11H,5-8H2,(H,15,16). The van der Waals surface area contributed by atoms with Gasteiger partial charge in [-0.25, -0.2) is 4.79 Å². The van der Waals surface area contributed by atoms with E-state index in [4.69, 9.17) is 9.84 Å². The number of Topliss-reactive ketones (excluding diaryl/α,β-unsaturated/α-hetero) is 1. The van der Waals surface area contributed by atoms with Gasteiger partial charge < -0.3 is 9.84 Å². The van der Waals surface area contributed by atoms with Crippen molar-refractivity contribution >= 4 is 11.8 Å². The minimum Gasteiger partial charge on any atom is -0.478 e. The number of hydrogen-bond donors (Lipinski definition) is 1. The van der Waals surface area contributed by atoms with E-state index in [9.17, 15) is 9.59 Å². The summed E-state index contributed by atoms with van der Waals surface area (Å²) in [6, 6.07) is 6.43. The lowest BCUT2D eigenvalue weighted by molar-refractivity contribution is -0.122. The molecule has 0 spiro atoms. The number of ketones is 1. The summed E-state index contributed by atoms with van der Waals surface area (Å²) in [7, 11) is 0. The lowest BCUT2D eigenvalue weighted by atomic mass is 9.97. The predicted octanol–water partition coefficient (Wildman–Crippen LogP) is 1.53. The quantitative estimate of drug-likeness (QED) is 0.858. The molecule has 1 aliphatic heterocycles. The zero-order valence-electron chi connectivity index (χ0n) is 9.39. The fourth-order valence-corrected chi connectivity index (χ4v) is 1.90. The molecule has 0 amide bonds. The van der Waals surface area contributed by atoms with Gasteiger partial charge in [0.15, 0.2) is 0 Å². The highest BCUT2D eigenvalue weighted by Gasteiger charge is 2.23. The number of carbonyl (C=O) groups is 2. The monoisotopic (exact) mass is 234 g/mol. The van der Waals surface area contributed by atoms with E-state index in [1.54, 1.807) is 12.1 Å². The Morgan fingerprint density at radius 2 is 2.00 bits per heavy atom. The first-order chi connectivity index (χ1) is 8.16. The van der Waals surface area contributed by atoms with Crippen LogP contribution in [0.3, 0.4) is 0 Å². The summed E-state index contributed by atoms with van der Waals surface area (Å²) >= 11 is 0. The molecule has 1 atom stereocenters. The molecule has 1 saturated heterocycles. The lowest BCUT2D eigenvalue weighted by Crippen LogP contribution is -2.16. The van der Waals surface area contributed by atoms with Crippen LogP contribution in [-0.2, 0) is 16.0 Å². The number of benzene rings is 1. The molecule has 1 unspecified atom stereocenters. The predicted molar refractivity (Wildman–Crippen MR) is 61.0 cm³/mol. The second-order valence-corrected chi connectivity index (χ2v) is 4.21. The minimum atomic E-state index is -0.952. The van der Waals surface area contributed by atoms with Gasteiger partial charge in [-0.2, -0.15) is 0 Å². The fourth-order valence-electron chi connectivity index (χ4n) is 1.90. The summed E-state index contributed by atoms with van der Waals surface area (Å²) in [5.41, 5.74) is 1.09. The average molecular weight is 234 g/mol. The van der Waals surface area contributed by atoms with Crippen LogP contribution in [0.2, 0.25) is 0 Å². The van der Waals surface area contributed by atoms with Crippen LogP contribution in [0.4, 0.5) is 0 Å². The van der Waals surface area contributed by atoms with Crippen molar-refractivity contribution in [2.45, 2.75) is 12.8 Å². The third-order valence-corrected chi connectivity index (χ3v) is 2.96. The molecule has 0 aromatic heterocycles. The Bertz CT molecular complexity index is 416. The number of carboxylic acid groups (broad SMARTS) is 1. The van der Waals surface area contributed by atoms with Crippen LogP contribution in [0, 0.1) is 5.92 Å². The Balaban J connectivity index is 1.98. The van der Waals surface area contributed by atoms with Crippen molar-refractivity contribution in [3.63, 3.8) is 0 Å². The molecule has 0 radical (unpaired) electrons. The smallest absolute Gasteiger partial charge is 0.335 e. The van der Waals surface area contributed by atoms with Crippen LogP contribution in [0.5, 0.6) is 0 Å². The Kier molecular flexibility index (Phi) is 3.54. The summed E-state index contributed by atoms with van der Waals surface area (Å²) in [5, 5.41) is 8.75. The summed E-state index contributed by atoms with van der Waals surface area (Å²) in [4.78, 5) is 22.5. The average Bonchev–Trinajstić information content (AvgIpc) is 2.83. The van der Waals surface area contributed by atoms with E-state index in [0.717, 1.165) is 12.0 Å². The van der Waals surface area contributed by atoms with Gasteiger partial charge in [0.05, 0.1) is 12.2 Å². The van der Waals surface area contributed by atoms with Gasteiger partial charge >= 0.3 is 5.97 Å². The summed E-state index contributed by atoms with van der Waals surface area (Å²) < 4.78 is 5.17. The summed E-state index contributed by atoms with van der Waals surface area (Å²) in [6.45, 7) is 1.18. The second-order valence-electron chi connectivity index (χ2n) is 4.21. The second kappa shape index (κ2) is 5.10. The molecular formula is C13H14O4. The van der Waals surface area contributed by atoms with Crippen molar-refractivity contribution in [3.05, 3.63) is 35.4 Å². The molecule has 4 nitrogen and oxygen atoms in total. The van der Waals surface area contributed by atoms with Crippen molar-refractivity contribution in [2.75, 3.05) is 13.2 Å². The molecule has 4 heteroatoms. The third kappa shape index (κ3) is 2.91. The summed E-state index contributed by atoms with van der Waals surface area (Å²) in [5.74, 6) is -0.771. The van der Waals surface area contributed by atoms with Gasteiger partial charge in [-0.05, 0) is 24.1 Å². The lowest BCUT2D eigenvalue weighted by Gasteiger charge is -2.06. The number of rotatable bonds is 4. The van der Waals surface area contributed by atoms with Crippen LogP contribution in [-0.4, -0.2) is 30.1 Å². The number of hydrogen-bond acceptors (Lipinski definition) is 3. The number of carboxylic acids is 1. The minimum absolute atomic E-state index is 0.00847. The van der Waals surface area contributed by atoms with E-state index in [2.05, 4.69) is 0 Å². The molecule has 2 rings (SSSR count). The molecule has 1 aromatic carbocycles. The number of aromatic carboxylic acids is 1. The third-order valence-electron chi connectivity index (χ3n) is 2.96. The van der Waals surface area contributed by atoms with Crippen molar-refractivity contribution in [2.24, 2.45) is 5.92 Å². The van der Waals surface area contributed by atoms with Gasteiger partial charge in [0, 0.05) is 18.9 Å². The zero-order valence-corrected chi connectivity index (χ0v) is 9.39. The number of ether oxygens (including phenoxy) is 1. The zero-order chi connectivity index (χ0) is 12.3. The van der Waals surface area contributed by atoms with Crippen molar-refractivity contribution < 1.29 is 19.4 Å². The van der Waals surface area contributed by atoms with Crippen molar-refractivity contribution in [1.29, 1.82) is 0 Å². The van der Waals surface area contributed by atoms with Gasteiger partial charge in [0.25, 0.3) is 0 Å². The van der Waals surface area contributed by atoms with Crippen LogP contribution < -0.4 is 0 Å². The first-order valence-electron chi connectivity index (χ1n) is 5.59. The fraction of sp³-hybridized carbons (Fsp3) is 0.385. The van der Waals surface area contributed by atoms with Gasteiger partial charge in [0.1, 0.15) is 5.78 Å². The Morgan fingerprint density at radius 3 is 2.53 bits per heavy atom. The molecule has 0 bridgehead atoms. The molecule has 1 fully saturated rings. The number of carbonyl (C=O) groups excluding carboxylic acids is 1. The largest absolute Gasteiger partial charge is 0.478 e. The normalized spacial score (nSPS) is 19.2. The van der Waals surface area contributed by atoms with Gasteiger partial charge in [-0.15, -0.1) is 0 Å². The highest BCUT2D eigenvalue weighted by molar-refractivity contribution is 5.88. The molecular weight excluding hydrogens is 220 g/mol. The van der Waals surface area contributed by atoms with E-state index in [-0.39, 0.29) is 17.3 Å². The first kappa shape index (κ1) is 11.8. The van der Waals surface area contributed by atoms with Crippen LogP contribution in [0.1, 0.15) is 22.3 Å². The molecule has 0 saturated carbocycles.